The minimum absolute atomic E-state index is 0.155. The highest BCUT2D eigenvalue weighted by atomic mass is 16.2. The molecule has 0 saturated carbocycles. The standard InChI is InChI=1S/C21H25N5O/c1-16(27)26-10-9-25(15-21-23-7-8-24-21)13-18(14-26)11-17-4-5-20-19(12-17)3-2-6-22-20/h2-8,12,18H,9-11,13-15H2,1H3,(H,23,24)/t18-/m1/s1. The van der Waals surface area contributed by atoms with Gasteiger partial charge in [-0.2, -0.15) is 0 Å². The summed E-state index contributed by atoms with van der Waals surface area (Å²) in [7, 11) is 0. The number of nitrogens with one attached hydrogen (secondary N) is 1. The highest BCUT2D eigenvalue weighted by molar-refractivity contribution is 5.78. The van der Waals surface area contributed by atoms with Crippen molar-refractivity contribution in [1.82, 2.24) is 24.8 Å². The molecule has 0 radical (unpaired) electrons. The van der Waals surface area contributed by atoms with Crippen LogP contribution in [0, 0.1) is 5.92 Å². The number of hydrogen-bond acceptors (Lipinski definition) is 4. The molecule has 0 aliphatic carbocycles. The Bertz CT molecular complexity index is 908. The molecule has 1 atom stereocenters. The second kappa shape index (κ2) is 7.88. The lowest BCUT2D eigenvalue weighted by Gasteiger charge is -2.24. The lowest BCUT2D eigenvalue weighted by atomic mass is 9.97. The Balaban J connectivity index is 1.52. The molecule has 1 aliphatic heterocycles. The summed E-state index contributed by atoms with van der Waals surface area (Å²) in [5, 5.41) is 1.17. The molecule has 0 unspecified atom stereocenters. The zero-order valence-corrected chi connectivity index (χ0v) is 15.6. The van der Waals surface area contributed by atoms with Crippen LogP contribution in [0.2, 0.25) is 0 Å². The molecule has 4 rings (SSSR count). The topological polar surface area (TPSA) is 65.1 Å². The number of fused-ring (bicyclic) bond motifs is 1. The first-order chi connectivity index (χ1) is 13.2. The minimum atomic E-state index is 0.155. The van der Waals surface area contributed by atoms with Crippen molar-refractivity contribution in [3.63, 3.8) is 0 Å². The van der Waals surface area contributed by atoms with Crippen molar-refractivity contribution in [3.05, 3.63) is 60.3 Å². The van der Waals surface area contributed by atoms with Crippen LogP contribution in [0.15, 0.2) is 48.9 Å². The maximum Gasteiger partial charge on any atom is 0.219 e. The fourth-order valence-corrected chi connectivity index (χ4v) is 3.92. The van der Waals surface area contributed by atoms with E-state index in [1.807, 2.05) is 23.4 Å². The number of carbonyl (C=O) groups is 1. The van der Waals surface area contributed by atoms with Crippen molar-refractivity contribution in [3.8, 4) is 0 Å². The van der Waals surface area contributed by atoms with Crippen molar-refractivity contribution in [2.75, 3.05) is 26.2 Å². The Morgan fingerprint density at radius 3 is 2.93 bits per heavy atom. The molecule has 0 bridgehead atoms. The van der Waals surface area contributed by atoms with E-state index in [1.165, 1.54) is 10.9 Å². The number of hydrogen-bond donors (Lipinski definition) is 1. The molecule has 1 fully saturated rings. The van der Waals surface area contributed by atoms with E-state index >= 15 is 0 Å². The Morgan fingerprint density at radius 2 is 2.11 bits per heavy atom. The van der Waals surface area contributed by atoms with Crippen molar-refractivity contribution in [2.24, 2.45) is 5.92 Å². The summed E-state index contributed by atoms with van der Waals surface area (Å²) in [5.74, 6) is 1.52. The van der Waals surface area contributed by atoms with Gasteiger partial charge in [0.15, 0.2) is 0 Å². The van der Waals surface area contributed by atoms with Crippen molar-refractivity contribution < 1.29 is 4.79 Å². The van der Waals surface area contributed by atoms with E-state index in [0.717, 1.165) is 50.5 Å². The lowest BCUT2D eigenvalue weighted by molar-refractivity contribution is -0.129. The minimum Gasteiger partial charge on any atom is -0.348 e. The molecule has 1 amide bonds. The van der Waals surface area contributed by atoms with Crippen molar-refractivity contribution in [2.45, 2.75) is 19.9 Å². The van der Waals surface area contributed by atoms with E-state index in [4.69, 9.17) is 0 Å². The van der Waals surface area contributed by atoms with E-state index in [9.17, 15) is 4.79 Å². The van der Waals surface area contributed by atoms with Gasteiger partial charge >= 0.3 is 0 Å². The number of benzene rings is 1. The number of amides is 1. The molecule has 3 aromatic rings. The predicted octanol–water partition coefficient (Wildman–Crippen LogP) is 2.48. The number of pyridine rings is 1. The number of rotatable bonds is 4. The lowest BCUT2D eigenvalue weighted by Crippen LogP contribution is -2.34. The summed E-state index contributed by atoms with van der Waals surface area (Å²) in [4.78, 5) is 28.3. The molecule has 140 valence electrons. The molecular formula is C21H25N5O. The zero-order valence-electron chi connectivity index (χ0n) is 15.6. The molecule has 1 saturated heterocycles. The number of carbonyl (C=O) groups excluding carboxylic acids is 1. The summed E-state index contributed by atoms with van der Waals surface area (Å²) in [5.41, 5.74) is 2.32. The zero-order chi connectivity index (χ0) is 18.6. The first-order valence-electron chi connectivity index (χ1n) is 9.47. The fourth-order valence-electron chi connectivity index (χ4n) is 3.92. The van der Waals surface area contributed by atoms with E-state index in [0.29, 0.717) is 5.92 Å². The third-order valence-corrected chi connectivity index (χ3v) is 5.25. The fraction of sp³-hybridized carbons (Fsp3) is 0.381. The van der Waals surface area contributed by atoms with Gasteiger partial charge in [0.05, 0.1) is 12.1 Å². The predicted molar refractivity (Wildman–Crippen MR) is 105 cm³/mol. The highest BCUT2D eigenvalue weighted by Crippen LogP contribution is 2.20. The summed E-state index contributed by atoms with van der Waals surface area (Å²) < 4.78 is 0. The number of H-pyrrole nitrogens is 1. The first kappa shape index (κ1) is 17.7. The third kappa shape index (κ3) is 4.34. The summed E-state index contributed by atoms with van der Waals surface area (Å²) >= 11 is 0. The van der Waals surface area contributed by atoms with Crippen LogP contribution in [0.5, 0.6) is 0 Å². The third-order valence-electron chi connectivity index (χ3n) is 5.25. The van der Waals surface area contributed by atoms with Gasteiger partial charge in [-0.15, -0.1) is 0 Å². The van der Waals surface area contributed by atoms with Crippen molar-refractivity contribution in [1.29, 1.82) is 0 Å². The molecule has 6 heteroatoms. The smallest absolute Gasteiger partial charge is 0.219 e. The van der Waals surface area contributed by atoms with E-state index < -0.39 is 0 Å². The number of aromatic nitrogens is 3. The maximum absolute atomic E-state index is 12.0. The van der Waals surface area contributed by atoms with Crippen LogP contribution < -0.4 is 0 Å². The Kier molecular flexibility index (Phi) is 5.16. The molecular weight excluding hydrogens is 338 g/mol. The first-order valence-corrected chi connectivity index (χ1v) is 9.47. The van der Waals surface area contributed by atoms with Gasteiger partial charge in [-0.1, -0.05) is 12.1 Å². The Hall–Kier alpha value is -2.73. The average Bonchev–Trinajstić information content (AvgIpc) is 3.09. The SMILES string of the molecule is CC(=O)N1CCN(Cc2ncc[nH]2)C[C@@H](Cc2ccc3ncccc3c2)C1. The van der Waals surface area contributed by atoms with Crippen molar-refractivity contribution >= 4 is 16.8 Å². The number of aromatic amines is 1. The van der Waals surface area contributed by atoms with Gasteiger partial charge in [-0.05, 0) is 36.1 Å². The number of imidazole rings is 1. The van der Waals surface area contributed by atoms with Crippen LogP contribution in [-0.4, -0.2) is 56.8 Å². The Labute approximate surface area is 159 Å². The van der Waals surface area contributed by atoms with E-state index in [1.54, 1.807) is 13.1 Å². The molecule has 1 aromatic carbocycles. The van der Waals surface area contributed by atoms with Crippen LogP contribution in [0.25, 0.3) is 10.9 Å². The van der Waals surface area contributed by atoms with Gasteiger partial charge in [0.1, 0.15) is 5.82 Å². The number of nitrogens with zero attached hydrogens (tertiary/aromatic N) is 4. The average molecular weight is 363 g/mol. The monoisotopic (exact) mass is 363 g/mol. The largest absolute Gasteiger partial charge is 0.348 e. The summed E-state index contributed by atoms with van der Waals surface area (Å²) in [6.45, 7) is 5.86. The van der Waals surface area contributed by atoms with Crippen LogP contribution in [0.1, 0.15) is 18.3 Å². The summed E-state index contributed by atoms with van der Waals surface area (Å²) in [6.07, 6.45) is 6.42. The second-order valence-corrected chi connectivity index (χ2v) is 7.34. The molecule has 1 N–H and O–H groups in total. The van der Waals surface area contributed by atoms with E-state index in [2.05, 4.69) is 44.1 Å². The van der Waals surface area contributed by atoms with E-state index in [-0.39, 0.29) is 5.91 Å². The normalized spacial score (nSPS) is 18.6. The molecule has 2 aromatic heterocycles. The molecule has 3 heterocycles. The summed E-state index contributed by atoms with van der Waals surface area (Å²) in [6, 6.07) is 10.5. The van der Waals surface area contributed by atoms with Gasteiger partial charge in [0.25, 0.3) is 0 Å². The quantitative estimate of drug-likeness (QED) is 0.773. The van der Waals surface area contributed by atoms with Crippen LogP contribution >= 0.6 is 0 Å². The van der Waals surface area contributed by atoms with Crippen LogP contribution in [0.3, 0.4) is 0 Å². The van der Waals surface area contributed by atoms with Gasteiger partial charge in [0.2, 0.25) is 5.91 Å². The molecule has 6 nitrogen and oxygen atoms in total. The van der Waals surface area contributed by atoms with Gasteiger partial charge < -0.3 is 9.88 Å². The van der Waals surface area contributed by atoms with Gasteiger partial charge in [0, 0.05) is 57.1 Å². The maximum atomic E-state index is 12.0. The van der Waals surface area contributed by atoms with Gasteiger partial charge in [-0.3, -0.25) is 14.7 Å². The molecule has 0 spiro atoms. The van der Waals surface area contributed by atoms with Gasteiger partial charge in [-0.25, -0.2) is 4.98 Å². The van der Waals surface area contributed by atoms with Crippen LogP contribution in [-0.2, 0) is 17.8 Å². The van der Waals surface area contributed by atoms with Crippen LogP contribution in [0.4, 0.5) is 0 Å². The highest BCUT2D eigenvalue weighted by Gasteiger charge is 2.25. The second-order valence-electron chi connectivity index (χ2n) is 7.34. The molecule has 1 aliphatic rings. The Morgan fingerprint density at radius 1 is 1.19 bits per heavy atom. The molecule has 27 heavy (non-hydrogen) atoms.